The normalized spacial score (nSPS) is 56.8. The van der Waals surface area contributed by atoms with Crippen LogP contribution in [0.5, 0.6) is 0 Å². The fraction of sp³-hybridized carbons (Fsp3) is 1.00. The van der Waals surface area contributed by atoms with E-state index in [9.17, 15) is 5.11 Å². The molecule has 5 heteroatoms. The minimum atomic E-state index is -0.268. The molecule has 3 heterocycles. The molecule has 10 atom stereocenters. The number of aliphatic hydroxyl groups excluding tert-OH is 1. The van der Waals surface area contributed by atoms with E-state index in [0.717, 1.165) is 36.6 Å². The molecule has 5 fully saturated rings. The van der Waals surface area contributed by atoms with Crippen LogP contribution < -0.4 is 4.90 Å². The molecule has 2 saturated carbocycles. The van der Waals surface area contributed by atoms with E-state index in [2.05, 4.69) is 0 Å². The number of ether oxygens (including phenoxy) is 3. The smallest absolute Gasteiger partial charge is 0.147 e. The zero-order valence-corrected chi connectivity index (χ0v) is 14.7. The average molecular weight is 338 g/mol. The standard InChI is InChI=1S/C19H31NO4/c1-22-17-5-11-2-3-20-9-13-7-19-18(23-10-24-19)6-12(13)4-15(20)14(11)8-16(17)21/h11-19,21H,2-10H2,1H3/p+1. The first-order chi connectivity index (χ1) is 11.7. The van der Waals surface area contributed by atoms with Crippen LogP contribution in [0.2, 0.25) is 0 Å². The summed E-state index contributed by atoms with van der Waals surface area (Å²) >= 11 is 0. The van der Waals surface area contributed by atoms with Crippen molar-refractivity contribution in [2.24, 2.45) is 23.7 Å². The molecule has 136 valence electrons. The second kappa shape index (κ2) is 6.20. The van der Waals surface area contributed by atoms with Gasteiger partial charge in [-0.1, -0.05) is 0 Å². The van der Waals surface area contributed by atoms with Gasteiger partial charge in [-0.15, -0.1) is 0 Å². The third-order valence-corrected chi connectivity index (χ3v) is 8.06. The second-order valence-electron chi connectivity index (χ2n) is 9.00. The number of piperidine rings is 2. The molecule has 0 aromatic rings. The maximum atomic E-state index is 10.5. The third kappa shape index (κ3) is 2.55. The van der Waals surface area contributed by atoms with Crippen LogP contribution in [0.15, 0.2) is 0 Å². The van der Waals surface area contributed by atoms with Crippen molar-refractivity contribution < 1.29 is 24.2 Å². The van der Waals surface area contributed by atoms with Crippen LogP contribution in [0, 0.1) is 23.7 Å². The summed E-state index contributed by atoms with van der Waals surface area (Å²) in [6, 6.07) is 0.747. The van der Waals surface area contributed by atoms with Crippen molar-refractivity contribution in [2.75, 3.05) is 27.0 Å². The molecule has 3 saturated heterocycles. The first kappa shape index (κ1) is 16.0. The van der Waals surface area contributed by atoms with Crippen molar-refractivity contribution in [3.05, 3.63) is 0 Å². The molecule has 5 rings (SSSR count). The van der Waals surface area contributed by atoms with E-state index in [4.69, 9.17) is 14.2 Å². The lowest BCUT2D eigenvalue weighted by Crippen LogP contribution is -3.19. The quantitative estimate of drug-likeness (QED) is 0.718. The van der Waals surface area contributed by atoms with Gasteiger partial charge in [-0.25, -0.2) is 0 Å². The highest BCUT2D eigenvalue weighted by atomic mass is 16.7. The molecule has 0 radical (unpaired) electrons. The highest BCUT2D eigenvalue weighted by Crippen LogP contribution is 2.44. The van der Waals surface area contributed by atoms with E-state index in [0.29, 0.717) is 24.9 Å². The minimum absolute atomic E-state index is 0.0589. The fourth-order valence-corrected chi connectivity index (χ4v) is 6.84. The monoisotopic (exact) mass is 338 g/mol. The Bertz CT molecular complexity index is 474. The van der Waals surface area contributed by atoms with Gasteiger partial charge in [0, 0.05) is 25.4 Å². The van der Waals surface area contributed by atoms with Gasteiger partial charge in [0.25, 0.3) is 0 Å². The Hall–Kier alpha value is -0.200. The van der Waals surface area contributed by atoms with Gasteiger partial charge in [0.15, 0.2) is 0 Å². The van der Waals surface area contributed by atoms with Crippen LogP contribution in [0.25, 0.3) is 0 Å². The highest BCUT2D eigenvalue weighted by molar-refractivity contribution is 4.97. The SMILES string of the molecule is COC1CC2CC[NH+]3CC4CC5OCOC5CC4CC3C2CC1O. The Morgan fingerprint density at radius 1 is 0.958 bits per heavy atom. The fourth-order valence-electron chi connectivity index (χ4n) is 6.84. The Morgan fingerprint density at radius 3 is 2.54 bits per heavy atom. The van der Waals surface area contributed by atoms with Crippen LogP contribution >= 0.6 is 0 Å². The lowest BCUT2D eigenvalue weighted by Gasteiger charge is -2.53. The van der Waals surface area contributed by atoms with Crippen LogP contribution in [-0.2, 0) is 14.2 Å². The van der Waals surface area contributed by atoms with Crippen LogP contribution in [0.3, 0.4) is 0 Å². The summed E-state index contributed by atoms with van der Waals surface area (Å²) in [5, 5.41) is 10.5. The number of quaternary nitrogens is 1. The molecule has 0 bridgehead atoms. The number of nitrogens with one attached hydrogen (secondary N) is 1. The summed E-state index contributed by atoms with van der Waals surface area (Å²) < 4.78 is 17.1. The van der Waals surface area contributed by atoms with E-state index < -0.39 is 0 Å². The molecule has 0 amide bonds. The van der Waals surface area contributed by atoms with Crippen LogP contribution in [-0.4, -0.2) is 62.6 Å². The predicted octanol–water partition coefficient (Wildman–Crippen LogP) is 0.217. The predicted molar refractivity (Wildman–Crippen MR) is 87.6 cm³/mol. The Labute approximate surface area is 144 Å². The molecule has 10 unspecified atom stereocenters. The van der Waals surface area contributed by atoms with Gasteiger partial charge in [-0.3, -0.25) is 0 Å². The van der Waals surface area contributed by atoms with Gasteiger partial charge in [-0.05, 0) is 43.9 Å². The number of rotatable bonds is 1. The number of aliphatic hydroxyl groups is 1. The van der Waals surface area contributed by atoms with Gasteiger partial charge in [-0.2, -0.15) is 0 Å². The molecule has 5 aliphatic rings. The molecule has 2 aliphatic carbocycles. The van der Waals surface area contributed by atoms with Gasteiger partial charge < -0.3 is 24.2 Å². The van der Waals surface area contributed by atoms with Gasteiger partial charge >= 0.3 is 0 Å². The van der Waals surface area contributed by atoms with Crippen molar-refractivity contribution in [1.82, 2.24) is 0 Å². The molecule has 0 aromatic carbocycles. The van der Waals surface area contributed by atoms with Crippen LogP contribution in [0.1, 0.15) is 38.5 Å². The summed E-state index contributed by atoms with van der Waals surface area (Å²) in [6.07, 6.45) is 7.54. The summed E-state index contributed by atoms with van der Waals surface area (Å²) in [5.41, 5.74) is 0. The van der Waals surface area contributed by atoms with E-state index in [-0.39, 0.29) is 12.2 Å². The molecular weight excluding hydrogens is 306 g/mol. The summed E-state index contributed by atoms with van der Waals surface area (Å²) in [5.74, 6) is 3.06. The molecule has 2 N–H and O–H groups in total. The molecule has 3 aliphatic heterocycles. The molecule has 0 aromatic heterocycles. The van der Waals surface area contributed by atoms with E-state index in [1.54, 1.807) is 7.11 Å². The van der Waals surface area contributed by atoms with E-state index in [1.807, 2.05) is 4.90 Å². The van der Waals surface area contributed by atoms with Crippen molar-refractivity contribution in [2.45, 2.75) is 69.0 Å². The molecule has 5 nitrogen and oxygen atoms in total. The largest absolute Gasteiger partial charge is 0.390 e. The number of hydrogen-bond acceptors (Lipinski definition) is 4. The van der Waals surface area contributed by atoms with Gasteiger partial charge in [0.1, 0.15) is 6.79 Å². The van der Waals surface area contributed by atoms with Crippen molar-refractivity contribution in [3.8, 4) is 0 Å². The first-order valence-corrected chi connectivity index (χ1v) is 10.0. The third-order valence-electron chi connectivity index (χ3n) is 8.06. The second-order valence-corrected chi connectivity index (χ2v) is 9.00. The zero-order valence-electron chi connectivity index (χ0n) is 14.7. The van der Waals surface area contributed by atoms with E-state index >= 15 is 0 Å². The van der Waals surface area contributed by atoms with Gasteiger partial charge in [0.2, 0.25) is 0 Å². The van der Waals surface area contributed by atoms with Crippen molar-refractivity contribution >= 4 is 0 Å². The molecular formula is C19H32NO4+. The topological polar surface area (TPSA) is 52.4 Å². The maximum Gasteiger partial charge on any atom is 0.147 e. The maximum absolute atomic E-state index is 10.5. The number of fused-ring (bicyclic) bond motifs is 5. The first-order valence-electron chi connectivity index (χ1n) is 10.0. The lowest BCUT2D eigenvalue weighted by atomic mass is 9.62. The molecule has 24 heavy (non-hydrogen) atoms. The Morgan fingerprint density at radius 2 is 1.75 bits per heavy atom. The number of methoxy groups -OCH3 is 1. The van der Waals surface area contributed by atoms with Crippen molar-refractivity contribution in [1.29, 1.82) is 0 Å². The van der Waals surface area contributed by atoms with Gasteiger partial charge in [0.05, 0.1) is 43.5 Å². The average Bonchev–Trinajstić information content (AvgIpc) is 3.04. The Balaban J connectivity index is 1.31. The lowest BCUT2D eigenvalue weighted by molar-refractivity contribution is -0.947. The summed E-state index contributed by atoms with van der Waals surface area (Å²) in [6.45, 7) is 3.13. The van der Waals surface area contributed by atoms with Crippen molar-refractivity contribution in [3.63, 3.8) is 0 Å². The minimum Gasteiger partial charge on any atom is -0.390 e. The van der Waals surface area contributed by atoms with Crippen LogP contribution in [0.4, 0.5) is 0 Å². The Kier molecular flexibility index (Phi) is 4.14. The van der Waals surface area contributed by atoms with E-state index in [1.165, 1.54) is 38.8 Å². The summed E-state index contributed by atoms with van der Waals surface area (Å²) in [7, 11) is 1.75. The zero-order chi connectivity index (χ0) is 16.3. The molecule has 0 spiro atoms. The summed E-state index contributed by atoms with van der Waals surface area (Å²) in [4.78, 5) is 1.82. The highest BCUT2D eigenvalue weighted by Gasteiger charge is 2.53. The number of hydrogen-bond donors (Lipinski definition) is 2.